The molecular weight excluding hydrogens is 412 g/mol. The number of unbranched alkanes of at least 4 members (excludes halogenated alkanes) is 1. The van der Waals surface area contributed by atoms with Crippen LogP contribution in [-0.2, 0) is 17.9 Å². The van der Waals surface area contributed by atoms with Gasteiger partial charge in [0.1, 0.15) is 0 Å². The van der Waals surface area contributed by atoms with E-state index in [1.165, 1.54) is 18.4 Å². The summed E-state index contributed by atoms with van der Waals surface area (Å²) < 4.78 is 0. The van der Waals surface area contributed by atoms with Crippen molar-refractivity contribution < 1.29 is 9.59 Å². The van der Waals surface area contributed by atoms with Crippen molar-refractivity contribution in [2.45, 2.75) is 71.9 Å². The van der Waals surface area contributed by atoms with E-state index in [1.807, 2.05) is 35.4 Å². The average Bonchev–Trinajstić information content (AvgIpc) is 2.80. The average molecular weight is 451 g/mol. The Kier molecular flexibility index (Phi) is 9.88. The number of fused-ring (bicyclic) bond motifs is 1. The molecule has 0 atom stereocenters. The molecule has 0 saturated heterocycles. The molecule has 6 nitrogen and oxygen atoms in total. The number of nitrogens with zero attached hydrogens (tertiary/aromatic N) is 3. The molecule has 0 saturated carbocycles. The van der Waals surface area contributed by atoms with Gasteiger partial charge in [-0.15, -0.1) is 0 Å². The van der Waals surface area contributed by atoms with Gasteiger partial charge in [-0.3, -0.25) is 19.5 Å². The Morgan fingerprint density at radius 1 is 1.06 bits per heavy atom. The smallest absolute Gasteiger partial charge is 0.251 e. The van der Waals surface area contributed by atoms with Gasteiger partial charge in [0.25, 0.3) is 5.91 Å². The van der Waals surface area contributed by atoms with Crippen molar-refractivity contribution >= 4 is 17.5 Å². The van der Waals surface area contributed by atoms with Crippen molar-refractivity contribution in [3.05, 3.63) is 59.4 Å². The number of aromatic nitrogens is 1. The lowest BCUT2D eigenvalue weighted by Crippen LogP contribution is -2.33. The molecule has 2 heterocycles. The van der Waals surface area contributed by atoms with E-state index in [0.29, 0.717) is 25.2 Å². The largest absolute Gasteiger partial charge is 0.352 e. The van der Waals surface area contributed by atoms with E-state index in [4.69, 9.17) is 0 Å². The fourth-order valence-electron chi connectivity index (χ4n) is 4.39. The Morgan fingerprint density at radius 2 is 1.85 bits per heavy atom. The van der Waals surface area contributed by atoms with Gasteiger partial charge in [-0.1, -0.05) is 38.7 Å². The number of carbonyl (C=O) groups is 2. The van der Waals surface area contributed by atoms with Crippen LogP contribution in [0.25, 0.3) is 0 Å². The van der Waals surface area contributed by atoms with E-state index < -0.39 is 0 Å². The molecule has 0 aliphatic carbocycles. The minimum absolute atomic E-state index is 0.0484. The molecule has 1 aliphatic rings. The molecule has 178 valence electrons. The molecule has 0 fully saturated rings. The molecule has 0 unspecified atom stereocenters. The zero-order valence-corrected chi connectivity index (χ0v) is 20.2. The first kappa shape index (κ1) is 24.9. The van der Waals surface area contributed by atoms with Crippen LogP contribution < -0.4 is 10.2 Å². The van der Waals surface area contributed by atoms with Crippen molar-refractivity contribution in [3.63, 3.8) is 0 Å². The number of nitrogens with one attached hydrogen (secondary N) is 1. The summed E-state index contributed by atoms with van der Waals surface area (Å²) in [5.74, 6) is -0.00202. The molecule has 0 radical (unpaired) electrons. The zero-order valence-electron chi connectivity index (χ0n) is 20.2. The van der Waals surface area contributed by atoms with E-state index >= 15 is 0 Å². The maximum Gasteiger partial charge on any atom is 0.251 e. The highest BCUT2D eigenvalue weighted by Crippen LogP contribution is 2.26. The first-order valence-electron chi connectivity index (χ1n) is 12.4. The standard InChI is InChI=1S/C27H38N4O2/c1-3-4-15-29-27(33)24-12-13-26-25(18-24)21-30(20-23-11-10-14-28-19-23)16-8-6-5-7-9-17-31(26)22(2)32/h10-14,18-19H,3-9,15-17,20-21H2,1-2H3,(H,29,33). The third-order valence-corrected chi connectivity index (χ3v) is 6.21. The molecular formula is C27H38N4O2. The highest BCUT2D eigenvalue weighted by molar-refractivity contribution is 5.97. The number of rotatable bonds is 6. The highest BCUT2D eigenvalue weighted by atomic mass is 16.2. The number of amides is 2. The van der Waals surface area contributed by atoms with Crippen LogP contribution in [-0.4, -0.2) is 41.3 Å². The van der Waals surface area contributed by atoms with Gasteiger partial charge in [-0.2, -0.15) is 0 Å². The third-order valence-electron chi connectivity index (χ3n) is 6.21. The van der Waals surface area contributed by atoms with E-state index in [2.05, 4.69) is 28.2 Å². The normalized spacial score (nSPS) is 15.8. The Labute approximate surface area is 198 Å². The SMILES string of the molecule is CCCCNC(=O)c1ccc2c(c1)CN(Cc1cccnc1)CCCCCCCN2C(C)=O. The van der Waals surface area contributed by atoms with E-state index in [0.717, 1.165) is 56.4 Å². The fourth-order valence-corrected chi connectivity index (χ4v) is 4.39. The van der Waals surface area contributed by atoms with Gasteiger partial charge < -0.3 is 10.2 Å². The highest BCUT2D eigenvalue weighted by Gasteiger charge is 2.20. The summed E-state index contributed by atoms with van der Waals surface area (Å²) in [6, 6.07) is 9.86. The van der Waals surface area contributed by atoms with Crippen LogP contribution >= 0.6 is 0 Å². The second kappa shape index (κ2) is 13.1. The Bertz CT molecular complexity index is 900. The van der Waals surface area contributed by atoms with Crippen molar-refractivity contribution in [3.8, 4) is 0 Å². The van der Waals surface area contributed by atoms with Crippen LogP contribution in [0.1, 0.15) is 80.3 Å². The van der Waals surface area contributed by atoms with E-state index in [9.17, 15) is 9.59 Å². The molecule has 0 spiro atoms. The molecule has 33 heavy (non-hydrogen) atoms. The maximum atomic E-state index is 12.8. The third kappa shape index (κ3) is 7.67. The predicted octanol–water partition coefficient (Wildman–Crippen LogP) is 4.93. The van der Waals surface area contributed by atoms with Crippen LogP contribution in [0, 0.1) is 0 Å². The number of benzene rings is 1. The molecule has 6 heteroatoms. The molecule has 2 aromatic rings. The van der Waals surface area contributed by atoms with Gasteiger partial charge in [0.05, 0.1) is 0 Å². The second-order valence-corrected chi connectivity index (χ2v) is 8.96. The molecule has 1 aromatic carbocycles. The monoisotopic (exact) mass is 450 g/mol. The first-order valence-corrected chi connectivity index (χ1v) is 12.4. The molecule has 2 amide bonds. The Morgan fingerprint density at radius 3 is 2.58 bits per heavy atom. The van der Waals surface area contributed by atoms with Gasteiger partial charge in [0.15, 0.2) is 0 Å². The van der Waals surface area contributed by atoms with Gasteiger partial charge in [0, 0.05) is 56.7 Å². The van der Waals surface area contributed by atoms with Crippen molar-refractivity contribution in [1.82, 2.24) is 15.2 Å². The van der Waals surface area contributed by atoms with Crippen LogP contribution in [0.5, 0.6) is 0 Å². The fraction of sp³-hybridized carbons (Fsp3) is 0.519. The minimum Gasteiger partial charge on any atom is -0.352 e. The zero-order chi connectivity index (χ0) is 23.5. The number of pyridine rings is 1. The molecule has 1 aliphatic heterocycles. The quantitative estimate of drug-likeness (QED) is 0.634. The molecule has 1 N–H and O–H groups in total. The summed E-state index contributed by atoms with van der Waals surface area (Å²) in [7, 11) is 0. The summed E-state index contributed by atoms with van der Waals surface area (Å²) in [6.07, 6.45) is 11.4. The van der Waals surface area contributed by atoms with Crippen LogP contribution in [0.3, 0.4) is 0 Å². The van der Waals surface area contributed by atoms with Crippen molar-refractivity contribution in [2.24, 2.45) is 0 Å². The molecule has 3 rings (SSSR count). The van der Waals surface area contributed by atoms with Gasteiger partial charge in [0.2, 0.25) is 5.91 Å². The van der Waals surface area contributed by atoms with Gasteiger partial charge in [-0.25, -0.2) is 0 Å². The van der Waals surface area contributed by atoms with Crippen LogP contribution in [0.15, 0.2) is 42.7 Å². The summed E-state index contributed by atoms with van der Waals surface area (Å²) >= 11 is 0. The lowest BCUT2D eigenvalue weighted by atomic mass is 10.0. The topological polar surface area (TPSA) is 65.5 Å². The first-order chi connectivity index (χ1) is 16.1. The summed E-state index contributed by atoms with van der Waals surface area (Å²) in [4.78, 5) is 33.9. The predicted molar refractivity (Wildman–Crippen MR) is 133 cm³/mol. The van der Waals surface area contributed by atoms with Crippen molar-refractivity contribution in [1.29, 1.82) is 0 Å². The number of carbonyl (C=O) groups excluding carboxylic acids is 2. The minimum atomic E-state index is -0.0504. The van der Waals surface area contributed by atoms with Crippen molar-refractivity contribution in [2.75, 3.05) is 24.5 Å². The van der Waals surface area contributed by atoms with Gasteiger partial charge >= 0.3 is 0 Å². The van der Waals surface area contributed by atoms with E-state index in [1.54, 1.807) is 13.1 Å². The van der Waals surface area contributed by atoms with E-state index in [-0.39, 0.29) is 11.8 Å². The summed E-state index contributed by atoms with van der Waals surface area (Å²) in [6.45, 7) is 7.59. The molecule has 0 bridgehead atoms. The molecule has 1 aromatic heterocycles. The Balaban J connectivity index is 1.93. The maximum absolute atomic E-state index is 12.8. The summed E-state index contributed by atoms with van der Waals surface area (Å²) in [5.41, 5.74) is 3.77. The number of hydrogen-bond acceptors (Lipinski definition) is 4. The van der Waals surface area contributed by atoms with Gasteiger partial charge in [-0.05, 0) is 61.2 Å². The second-order valence-electron chi connectivity index (χ2n) is 8.96. The van der Waals surface area contributed by atoms with Crippen LogP contribution in [0.4, 0.5) is 5.69 Å². The number of hydrogen-bond donors (Lipinski definition) is 1. The lowest BCUT2D eigenvalue weighted by molar-refractivity contribution is -0.116. The lowest BCUT2D eigenvalue weighted by Gasteiger charge is -2.29. The Hall–Kier alpha value is -2.73. The van der Waals surface area contributed by atoms with Crippen LogP contribution in [0.2, 0.25) is 0 Å². The summed E-state index contributed by atoms with van der Waals surface area (Å²) in [5, 5.41) is 3.02. The number of anilines is 1.